The van der Waals surface area contributed by atoms with Gasteiger partial charge < -0.3 is 20.9 Å². The van der Waals surface area contributed by atoms with Crippen molar-refractivity contribution in [2.45, 2.75) is 64.5 Å². The number of halogens is 1. The standard InChI is InChI=1S/C18H37N5O.HI/c1-18(2,3)22-16(24)13-21-17(19-4)20-12-15(23(5)6)14-10-8-7-9-11-14;/h14-15H,7-13H2,1-6H3,(H,22,24)(H2,19,20,21);1H. The van der Waals surface area contributed by atoms with Gasteiger partial charge in [-0.1, -0.05) is 19.3 Å². The van der Waals surface area contributed by atoms with E-state index in [2.05, 4.69) is 39.9 Å². The fraction of sp³-hybridized carbons (Fsp3) is 0.889. The number of hydrogen-bond donors (Lipinski definition) is 3. The molecule has 1 unspecified atom stereocenters. The Bertz CT molecular complexity index is 414. The third kappa shape index (κ3) is 10.2. The monoisotopic (exact) mass is 467 g/mol. The number of hydrogen-bond acceptors (Lipinski definition) is 3. The first-order valence-electron chi connectivity index (χ1n) is 9.15. The van der Waals surface area contributed by atoms with E-state index in [0.717, 1.165) is 12.5 Å². The zero-order valence-corrected chi connectivity index (χ0v) is 19.1. The maximum Gasteiger partial charge on any atom is 0.239 e. The molecule has 7 heteroatoms. The second kappa shape index (κ2) is 11.9. The zero-order chi connectivity index (χ0) is 18.2. The van der Waals surface area contributed by atoms with Crippen molar-refractivity contribution in [3.8, 4) is 0 Å². The number of likely N-dealkylation sites (N-methyl/N-ethyl adjacent to an activating group) is 1. The summed E-state index contributed by atoms with van der Waals surface area (Å²) >= 11 is 0. The lowest BCUT2D eigenvalue weighted by atomic mass is 9.83. The largest absolute Gasteiger partial charge is 0.355 e. The molecule has 1 amide bonds. The molecule has 0 aliphatic heterocycles. The van der Waals surface area contributed by atoms with Crippen molar-refractivity contribution in [2.24, 2.45) is 10.9 Å². The predicted molar refractivity (Wildman–Crippen MR) is 117 cm³/mol. The van der Waals surface area contributed by atoms with Gasteiger partial charge in [-0.2, -0.15) is 0 Å². The highest BCUT2D eigenvalue weighted by Crippen LogP contribution is 2.27. The third-order valence-electron chi connectivity index (χ3n) is 4.49. The van der Waals surface area contributed by atoms with E-state index in [4.69, 9.17) is 0 Å². The summed E-state index contributed by atoms with van der Waals surface area (Å²) in [5.74, 6) is 1.40. The number of carbonyl (C=O) groups is 1. The third-order valence-corrected chi connectivity index (χ3v) is 4.49. The maximum absolute atomic E-state index is 11.9. The zero-order valence-electron chi connectivity index (χ0n) is 16.8. The minimum absolute atomic E-state index is 0. The number of nitrogens with zero attached hydrogens (tertiary/aromatic N) is 2. The summed E-state index contributed by atoms with van der Waals surface area (Å²) in [6.45, 7) is 7.00. The Morgan fingerprint density at radius 1 is 1.16 bits per heavy atom. The van der Waals surface area contributed by atoms with Crippen LogP contribution in [0, 0.1) is 5.92 Å². The Morgan fingerprint density at radius 3 is 2.24 bits per heavy atom. The summed E-state index contributed by atoms with van der Waals surface area (Å²) in [7, 11) is 6.03. The molecule has 6 nitrogen and oxygen atoms in total. The minimum Gasteiger partial charge on any atom is -0.355 e. The summed E-state index contributed by atoms with van der Waals surface area (Å²) in [4.78, 5) is 18.4. The van der Waals surface area contributed by atoms with Crippen molar-refractivity contribution in [3.05, 3.63) is 0 Å². The summed E-state index contributed by atoms with van der Waals surface area (Å²) in [6, 6.07) is 0.493. The molecule has 0 saturated heterocycles. The molecule has 1 aliphatic rings. The van der Waals surface area contributed by atoms with Crippen LogP contribution < -0.4 is 16.0 Å². The predicted octanol–water partition coefficient (Wildman–Crippen LogP) is 2.19. The number of aliphatic imine (C=N–C) groups is 1. The normalized spacial score (nSPS) is 17.6. The van der Waals surface area contributed by atoms with Crippen molar-refractivity contribution >= 4 is 35.8 Å². The van der Waals surface area contributed by atoms with Crippen LogP contribution in [-0.2, 0) is 4.79 Å². The Hall–Kier alpha value is -0.570. The molecule has 0 heterocycles. The van der Waals surface area contributed by atoms with E-state index in [1.807, 2.05) is 20.8 Å². The Kier molecular flexibility index (Phi) is 11.7. The number of rotatable bonds is 6. The average Bonchev–Trinajstić information content (AvgIpc) is 2.49. The Labute approximate surface area is 171 Å². The van der Waals surface area contributed by atoms with E-state index < -0.39 is 0 Å². The van der Waals surface area contributed by atoms with E-state index in [1.54, 1.807) is 7.05 Å². The summed E-state index contributed by atoms with van der Waals surface area (Å²) in [5, 5.41) is 9.42. The average molecular weight is 467 g/mol. The minimum atomic E-state index is -0.216. The highest BCUT2D eigenvalue weighted by Gasteiger charge is 2.25. The molecule has 25 heavy (non-hydrogen) atoms. The van der Waals surface area contributed by atoms with E-state index in [-0.39, 0.29) is 42.0 Å². The van der Waals surface area contributed by atoms with Crippen molar-refractivity contribution < 1.29 is 4.79 Å². The van der Waals surface area contributed by atoms with Crippen molar-refractivity contribution in [3.63, 3.8) is 0 Å². The molecule has 0 spiro atoms. The first-order chi connectivity index (χ1) is 11.2. The number of nitrogens with one attached hydrogen (secondary N) is 3. The second-order valence-electron chi connectivity index (χ2n) is 8.03. The molecule has 1 rings (SSSR count). The summed E-state index contributed by atoms with van der Waals surface area (Å²) < 4.78 is 0. The first-order valence-corrected chi connectivity index (χ1v) is 9.15. The van der Waals surface area contributed by atoms with Gasteiger partial charge in [-0.05, 0) is 53.6 Å². The molecule has 0 radical (unpaired) electrons. The number of carbonyl (C=O) groups excluding carboxylic acids is 1. The second-order valence-corrected chi connectivity index (χ2v) is 8.03. The van der Waals surface area contributed by atoms with Gasteiger partial charge in [-0.3, -0.25) is 9.79 Å². The fourth-order valence-electron chi connectivity index (χ4n) is 3.34. The lowest BCUT2D eigenvalue weighted by Crippen LogP contribution is -2.51. The maximum atomic E-state index is 11.9. The van der Waals surface area contributed by atoms with Crippen molar-refractivity contribution in [1.82, 2.24) is 20.9 Å². The molecule has 3 N–H and O–H groups in total. The summed E-state index contributed by atoms with van der Waals surface area (Å²) in [6.07, 6.45) is 6.68. The Balaban J connectivity index is 0.00000576. The fourth-order valence-corrected chi connectivity index (χ4v) is 3.34. The molecular formula is C18H38IN5O. The van der Waals surface area contributed by atoms with Gasteiger partial charge in [0.2, 0.25) is 5.91 Å². The van der Waals surface area contributed by atoms with Gasteiger partial charge in [0.25, 0.3) is 0 Å². The summed E-state index contributed by atoms with van der Waals surface area (Å²) in [5.41, 5.74) is -0.216. The first kappa shape index (κ1) is 24.4. The highest BCUT2D eigenvalue weighted by atomic mass is 127. The van der Waals surface area contributed by atoms with Crippen LogP contribution >= 0.6 is 24.0 Å². The molecule has 0 bridgehead atoms. The van der Waals surface area contributed by atoms with Gasteiger partial charge in [-0.25, -0.2) is 0 Å². The lowest BCUT2D eigenvalue weighted by molar-refractivity contribution is -0.121. The number of amides is 1. The van der Waals surface area contributed by atoms with Gasteiger partial charge in [0.1, 0.15) is 0 Å². The van der Waals surface area contributed by atoms with Gasteiger partial charge >= 0.3 is 0 Å². The van der Waals surface area contributed by atoms with Crippen LogP contribution in [-0.4, -0.2) is 62.6 Å². The molecule has 0 aromatic rings. The van der Waals surface area contributed by atoms with Crippen LogP contribution in [0.2, 0.25) is 0 Å². The molecule has 1 saturated carbocycles. The van der Waals surface area contributed by atoms with Gasteiger partial charge in [-0.15, -0.1) is 24.0 Å². The van der Waals surface area contributed by atoms with Crippen molar-refractivity contribution in [1.29, 1.82) is 0 Å². The van der Waals surface area contributed by atoms with E-state index in [9.17, 15) is 4.79 Å². The molecule has 0 aromatic carbocycles. The van der Waals surface area contributed by atoms with Gasteiger partial charge in [0, 0.05) is 25.2 Å². The van der Waals surface area contributed by atoms with Gasteiger partial charge in [0.15, 0.2) is 5.96 Å². The Morgan fingerprint density at radius 2 is 1.76 bits per heavy atom. The smallest absolute Gasteiger partial charge is 0.239 e. The van der Waals surface area contributed by atoms with Crippen LogP contribution in [0.1, 0.15) is 52.9 Å². The molecule has 0 aromatic heterocycles. The highest BCUT2D eigenvalue weighted by molar-refractivity contribution is 14.0. The van der Waals surface area contributed by atoms with Crippen LogP contribution in [0.5, 0.6) is 0 Å². The van der Waals surface area contributed by atoms with E-state index >= 15 is 0 Å². The molecule has 148 valence electrons. The molecule has 1 aliphatic carbocycles. The van der Waals surface area contributed by atoms with Gasteiger partial charge in [0.05, 0.1) is 6.54 Å². The van der Waals surface area contributed by atoms with Crippen molar-refractivity contribution in [2.75, 3.05) is 34.2 Å². The van der Waals surface area contributed by atoms with E-state index in [1.165, 1.54) is 32.1 Å². The SMILES string of the molecule is CN=C(NCC(=O)NC(C)(C)C)NCC(C1CCCCC1)N(C)C.I. The molecule has 1 fully saturated rings. The molecule has 1 atom stereocenters. The lowest BCUT2D eigenvalue weighted by Gasteiger charge is -2.35. The van der Waals surface area contributed by atoms with Crippen LogP contribution in [0.25, 0.3) is 0 Å². The van der Waals surface area contributed by atoms with E-state index in [0.29, 0.717) is 12.0 Å². The topological polar surface area (TPSA) is 68.8 Å². The molecular weight excluding hydrogens is 429 g/mol. The number of guanidine groups is 1. The van der Waals surface area contributed by atoms with Crippen LogP contribution in [0.15, 0.2) is 4.99 Å². The van der Waals surface area contributed by atoms with Crippen LogP contribution in [0.3, 0.4) is 0 Å². The quantitative estimate of drug-likeness (QED) is 0.318. The van der Waals surface area contributed by atoms with Crippen LogP contribution in [0.4, 0.5) is 0 Å².